The third-order valence-electron chi connectivity index (χ3n) is 4.15. The maximum atomic E-state index is 12.3. The molecule has 0 aliphatic carbocycles. The molecule has 4 amide bonds. The van der Waals surface area contributed by atoms with Crippen LogP contribution in [0.25, 0.3) is 0 Å². The number of hydrogen-bond acceptors (Lipinski definition) is 5. The van der Waals surface area contributed by atoms with E-state index in [1.165, 1.54) is 0 Å². The minimum absolute atomic E-state index is 0.000187. The van der Waals surface area contributed by atoms with Gasteiger partial charge >= 0.3 is 6.03 Å². The van der Waals surface area contributed by atoms with Gasteiger partial charge in [0, 0.05) is 32.4 Å². The Hall–Kier alpha value is -2.64. The third kappa shape index (κ3) is 3.25. The van der Waals surface area contributed by atoms with E-state index in [1.54, 1.807) is 11.1 Å². The molecule has 0 saturated carbocycles. The molecule has 0 bridgehead atoms. The van der Waals surface area contributed by atoms with Crippen molar-refractivity contribution in [3.63, 3.8) is 0 Å². The van der Waals surface area contributed by atoms with E-state index in [-0.39, 0.29) is 12.3 Å². The van der Waals surface area contributed by atoms with Gasteiger partial charge in [0.05, 0.1) is 6.42 Å². The quantitative estimate of drug-likeness (QED) is 0.742. The average Bonchev–Trinajstić information content (AvgIpc) is 2.85. The molecule has 122 valence electrons. The fraction of sp³-hybridized carbons (Fsp3) is 0.467. The molecular weight excluding hydrogens is 298 g/mol. The molecule has 0 spiro atoms. The van der Waals surface area contributed by atoms with E-state index in [0.717, 1.165) is 11.4 Å². The largest absolute Gasteiger partial charge is 0.353 e. The van der Waals surface area contributed by atoms with Gasteiger partial charge < -0.3 is 15.1 Å². The standard InChI is InChI=1S/C15H19N5O3/c1-10-3-2-4-16-13(10)20-7-5-19(6-8-20)12(21)9-11-14(22)18-15(23)17-11/h2-4,11H,5-9H2,1H3,(H2,17,18,22,23)/t11-/m0/s1. The highest BCUT2D eigenvalue weighted by Crippen LogP contribution is 2.18. The molecule has 0 aromatic carbocycles. The first-order valence-corrected chi connectivity index (χ1v) is 7.60. The van der Waals surface area contributed by atoms with Gasteiger partial charge in [-0.25, -0.2) is 9.78 Å². The Morgan fingerprint density at radius 2 is 2.04 bits per heavy atom. The van der Waals surface area contributed by atoms with E-state index in [2.05, 4.69) is 20.5 Å². The van der Waals surface area contributed by atoms with Crippen LogP contribution in [0.5, 0.6) is 0 Å². The summed E-state index contributed by atoms with van der Waals surface area (Å²) in [5.74, 6) is 0.387. The number of amides is 4. The number of piperazine rings is 1. The van der Waals surface area contributed by atoms with E-state index in [9.17, 15) is 14.4 Å². The van der Waals surface area contributed by atoms with Gasteiger partial charge in [0.2, 0.25) is 5.91 Å². The van der Waals surface area contributed by atoms with Crippen molar-refractivity contribution < 1.29 is 14.4 Å². The Kier molecular flexibility index (Phi) is 4.14. The molecule has 3 rings (SSSR count). The summed E-state index contributed by atoms with van der Waals surface area (Å²) in [6.07, 6.45) is 1.77. The van der Waals surface area contributed by atoms with Gasteiger partial charge in [-0.15, -0.1) is 0 Å². The van der Waals surface area contributed by atoms with Gasteiger partial charge in [0.1, 0.15) is 11.9 Å². The van der Waals surface area contributed by atoms with Gasteiger partial charge in [-0.05, 0) is 18.6 Å². The average molecular weight is 317 g/mol. The van der Waals surface area contributed by atoms with Crippen molar-refractivity contribution in [3.8, 4) is 0 Å². The molecule has 2 aliphatic heterocycles. The van der Waals surface area contributed by atoms with Gasteiger partial charge in [0.15, 0.2) is 0 Å². The monoisotopic (exact) mass is 317 g/mol. The maximum absolute atomic E-state index is 12.3. The topological polar surface area (TPSA) is 94.6 Å². The number of aromatic nitrogens is 1. The molecule has 8 nitrogen and oxygen atoms in total. The van der Waals surface area contributed by atoms with Crippen LogP contribution >= 0.6 is 0 Å². The number of urea groups is 1. The van der Waals surface area contributed by atoms with E-state index >= 15 is 0 Å². The van der Waals surface area contributed by atoms with Crippen LogP contribution in [0, 0.1) is 6.92 Å². The summed E-state index contributed by atoms with van der Waals surface area (Å²) in [6, 6.07) is 2.62. The van der Waals surface area contributed by atoms with Crippen molar-refractivity contribution in [2.24, 2.45) is 0 Å². The fourth-order valence-corrected chi connectivity index (χ4v) is 2.88. The highest BCUT2D eigenvalue weighted by atomic mass is 16.2. The van der Waals surface area contributed by atoms with Crippen molar-refractivity contribution >= 4 is 23.7 Å². The van der Waals surface area contributed by atoms with Crippen LogP contribution in [0.3, 0.4) is 0 Å². The molecular formula is C15H19N5O3. The smallest absolute Gasteiger partial charge is 0.322 e. The zero-order chi connectivity index (χ0) is 16.4. The fourth-order valence-electron chi connectivity index (χ4n) is 2.88. The number of imide groups is 1. The first kappa shape index (κ1) is 15.3. The molecule has 1 atom stereocenters. The highest BCUT2D eigenvalue weighted by Gasteiger charge is 2.33. The van der Waals surface area contributed by atoms with Crippen molar-refractivity contribution in [2.45, 2.75) is 19.4 Å². The summed E-state index contributed by atoms with van der Waals surface area (Å²) < 4.78 is 0. The molecule has 2 N–H and O–H groups in total. The number of hydrogen-bond donors (Lipinski definition) is 2. The SMILES string of the molecule is Cc1cccnc1N1CCN(C(=O)C[C@@H]2NC(=O)NC2=O)CC1. The van der Waals surface area contributed by atoms with E-state index in [4.69, 9.17) is 0 Å². The van der Waals surface area contributed by atoms with E-state index in [1.807, 2.05) is 19.1 Å². The second-order valence-electron chi connectivity index (χ2n) is 5.73. The number of nitrogens with one attached hydrogen (secondary N) is 2. The van der Waals surface area contributed by atoms with Crippen LogP contribution < -0.4 is 15.5 Å². The molecule has 1 aromatic rings. The van der Waals surface area contributed by atoms with Crippen LogP contribution in [0.2, 0.25) is 0 Å². The molecule has 1 aromatic heterocycles. The molecule has 2 saturated heterocycles. The first-order chi connectivity index (χ1) is 11.0. The van der Waals surface area contributed by atoms with Crippen LogP contribution in [-0.4, -0.2) is 60.0 Å². The second kappa shape index (κ2) is 6.23. The molecule has 0 unspecified atom stereocenters. The van der Waals surface area contributed by atoms with Gasteiger partial charge in [-0.3, -0.25) is 14.9 Å². The minimum atomic E-state index is -0.758. The zero-order valence-electron chi connectivity index (χ0n) is 12.9. The third-order valence-corrected chi connectivity index (χ3v) is 4.15. The van der Waals surface area contributed by atoms with Crippen molar-refractivity contribution in [1.82, 2.24) is 20.5 Å². The molecule has 0 radical (unpaired) electrons. The number of carbonyl (C=O) groups excluding carboxylic acids is 3. The second-order valence-corrected chi connectivity index (χ2v) is 5.73. The van der Waals surface area contributed by atoms with Crippen LogP contribution in [-0.2, 0) is 9.59 Å². The van der Waals surface area contributed by atoms with E-state index < -0.39 is 18.0 Å². The van der Waals surface area contributed by atoms with Crippen LogP contribution in [0.1, 0.15) is 12.0 Å². The number of rotatable bonds is 3. The molecule has 2 aliphatic rings. The number of pyridine rings is 1. The van der Waals surface area contributed by atoms with Crippen molar-refractivity contribution in [3.05, 3.63) is 23.9 Å². The van der Waals surface area contributed by atoms with Gasteiger partial charge in [0.25, 0.3) is 5.91 Å². The summed E-state index contributed by atoms with van der Waals surface area (Å²) in [5.41, 5.74) is 1.11. The summed E-state index contributed by atoms with van der Waals surface area (Å²) in [5, 5.41) is 4.58. The summed E-state index contributed by atoms with van der Waals surface area (Å²) in [4.78, 5) is 43.1. The minimum Gasteiger partial charge on any atom is -0.353 e. The lowest BCUT2D eigenvalue weighted by atomic mass is 10.1. The van der Waals surface area contributed by atoms with Crippen LogP contribution in [0.4, 0.5) is 10.6 Å². The van der Waals surface area contributed by atoms with E-state index in [0.29, 0.717) is 26.2 Å². The Balaban J connectivity index is 1.54. The summed E-state index contributed by atoms with van der Waals surface area (Å²) >= 11 is 0. The number of anilines is 1. The number of carbonyl (C=O) groups is 3. The Labute approximate surface area is 133 Å². The van der Waals surface area contributed by atoms with Crippen LogP contribution in [0.15, 0.2) is 18.3 Å². The Morgan fingerprint density at radius 3 is 2.65 bits per heavy atom. The normalized spacial score (nSPS) is 21.2. The molecule has 2 fully saturated rings. The predicted molar refractivity (Wildman–Crippen MR) is 82.8 cm³/mol. The number of aryl methyl sites for hydroxylation is 1. The van der Waals surface area contributed by atoms with Crippen molar-refractivity contribution in [2.75, 3.05) is 31.1 Å². The van der Waals surface area contributed by atoms with Gasteiger partial charge in [-0.2, -0.15) is 0 Å². The Bertz CT molecular complexity index is 640. The lowest BCUT2D eigenvalue weighted by Gasteiger charge is -2.36. The molecule has 23 heavy (non-hydrogen) atoms. The highest BCUT2D eigenvalue weighted by molar-refractivity contribution is 6.05. The lowest BCUT2D eigenvalue weighted by molar-refractivity contribution is -0.134. The summed E-state index contributed by atoms with van der Waals surface area (Å²) in [7, 11) is 0. The zero-order valence-corrected chi connectivity index (χ0v) is 12.9. The lowest BCUT2D eigenvalue weighted by Crippen LogP contribution is -2.50. The van der Waals surface area contributed by atoms with Gasteiger partial charge in [-0.1, -0.05) is 6.07 Å². The predicted octanol–water partition coefficient (Wildman–Crippen LogP) is -0.363. The Morgan fingerprint density at radius 1 is 1.30 bits per heavy atom. The summed E-state index contributed by atoms with van der Waals surface area (Å²) in [6.45, 7) is 4.58. The number of nitrogens with zero attached hydrogens (tertiary/aromatic N) is 3. The molecule has 8 heteroatoms. The maximum Gasteiger partial charge on any atom is 0.322 e. The molecule has 3 heterocycles. The van der Waals surface area contributed by atoms with Crippen molar-refractivity contribution in [1.29, 1.82) is 0 Å². The first-order valence-electron chi connectivity index (χ1n) is 7.60.